The molecule has 0 spiro atoms. The second-order valence-corrected chi connectivity index (χ2v) is 6.35. The molecule has 6 heteroatoms. The molecular weight excluding hydrogens is 359 g/mol. The SMILES string of the molecule is Cc1cccc(Oc2ccc(NC(=O)NCC(O)c3cccc(F)c3)cc2)c1. The zero-order valence-corrected chi connectivity index (χ0v) is 15.4. The van der Waals surface area contributed by atoms with Gasteiger partial charge >= 0.3 is 6.03 Å². The molecule has 0 aliphatic carbocycles. The molecular formula is C22H21FN2O3. The third-order valence-corrected chi connectivity index (χ3v) is 4.03. The van der Waals surface area contributed by atoms with Crippen molar-refractivity contribution in [3.05, 3.63) is 89.7 Å². The summed E-state index contributed by atoms with van der Waals surface area (Å²) in [5, 5.41) is 15.3. The van der Waals surface area contributed by atoms with Gasteiger partial charge < -0.3 is 20.5 Å². The van der Waals surface area contributed by atoms with Crippen LogP contribution in [0.2, 0.25) is 0 Å². The molecule has 3 rings (SSSR count). The van der Waals surface area contributed by atoms with Crippen molar-refractivity contribution in [2.75, 3.05) is 11.9 Å². The van der Waals surface area contributed by atoms with Crippen LogP contribution in [0.15, 0.2) is 72.8 Å². The lowest BCUT2D eigenvalue weighted by Crippen LogP contribution is -2.32. The molecule has 3 N–H and O–H groups in total. The lowest BCUT2D eigenvalue weighted by Gasteiger charge is -2.13. The van der Waals surface area contributed by atoms with Crippen LogP contribution in [0.1, 0.15) is 17.2 Å². The van der Waals surface area contributed by atoms with Crippen molar-refractivity contribution in [2.24, 2.45) is 0 Å². The van der Waals surface area contributed by atoms with Crippen LogP contribution in [-0.2, 0) is 0 Å². The smallest absolute Gasteiger partial charge is 0.319 e. The number of amides is 2. The normalized spacial score (nSPS) is 11.5. The summed E-state index contributed by atoms with van der Waals surface area (Å²) in [6.45, 7) is 1.95. The van der Waals surface area contributed by atoms with Crippen LogP contribution >= 0.6 is 0 Å². The Morgan fingerprint density at radius 1 is 1.04 bits per heavy atom. The maximum Gasteiger partial charge on any atom is 0.319 e. The van der Waals surface area contributed by atoms with E-state index in [0.29, 0.717) is 17.0 Å². The summed E-state index contributed by atoms with van der Waals surface area (Å²) in [6.07, 6.45) is -0.994. The topological polar surface area (TPSA) is 70.6 Å². The zero-order valence-electron chi connectivity index (χ0n) is 15.4. The number of urea groups is 1. The Bertz CT molecular complexity index is 945. The van der Waals surface area contributed by atoms with Crippen LogP contribution in [0.25, 0.3) is 0 Å². The third-order valence-electron chi connectivity index (χ3n) is 4.03. The van der Waals surface area contributed by atoms with E-state index < -0.39 is 18.0 Å². The molecule has 3 aromatic carbocycles. The quantitative estimate of drug-likeness (QED) is 0.576. The molecule has 2 amide bonds. The average molecular weight is 380 g/mol. The van der Waals surface area contributed by atoms with Gasteiger partial charge in [0.15, 0.2) is 0 Å². The Morgan fingerprint density at radius 2 is 1.79 bits per heavy atom. The van der Waals surface area contributed by atoms with Crippen molar-refractivity contribution in [1.82, 2.24) is 5.32 Å². The Hall–Kier alpha value is -3.38. The fourth-order valence-corrected chi connectivity index (χ4v) is 2.62. The highest BCUT2D eigenvalue weighted by molar-refractivity contribution is 5.89. The second kappa shape index (κ2) is 9.01. The highest BCUT2D eigenvalue weighted by Crippen LogP contribution is 2.23. The number of anilines is 1. The molecule has 0 bridgehead atoms. The number of carbonyl (C=O) groups excluding carboxylic acids is 1. The van der Waals surface area contributed by atoms with Crippen LogP contribution in [0.4, 0.5) is 14.9 Å². The number of ether oxygens (including phenoxy) is 1. The Balaban J connectivity index is 1.50. The molecule has 0 aliphatic rings. The minimum absolute atomic E-state index is 0.0379. The predicted molar refractivity (Wildman–Crippen MR) is 106 cm³/mol. The standard InChI is InChI=1S/C22H21FN2O3/c1-15-4-2-7-20(12-15)28-19-10-8-18(9-11-19)25-22(27)24-14-21(26)16-5-3-6-17(23)13-16/h2-13,21,26H,14H2,1H3,(H2,24,25,27). The first-order valence-electron chi connectivity index (χ1n) is 8.82. The monoisotopic (exact) mass is 380 g/mol. The van der Waals surface area contributed by atoms with Crippen molar-refractivity contribution in [3.63, 3.8) is 0 Å². The molecule has 3 aromatic rings. The summed E-state index contributed by atoms with van der Waals surface area (Å²) < 4.78 is 18.9. The minimum atomic E-state index is -0.994. The van der Waals surface area contributed by atoms with Gasteiger partial charge in [0, 0.05) is 12.2 Å². The fraction of sp³-hybridized carbons (Fsp3) is 0.136. The number of aryl methyl sites for hydroxylation is 1. The molecule has 0 saturated carbocycles. The van der Waals surface area contributed by atoms with Gasteiger partial charge in [-0.05, 0) is 66.6 Å². The summed E-state index contributed by atoms with van der Waals surface area (Å²) in [7, 11) is 0. The van der Waals surface area contributed by atoms with E-state index in [-0.39, 0.29) is 6.54 Å². The van der Waals surface area contributed by atoms with Crippen molar-refractivity contribution in [1.29, 1.82) is 0 Å². The first-order chi connectivity index (χ1) is 13.5. The summed E-state index contributed by atoms with van der Waals surface area (Å²) in [4.78, 5) is 12.0. The largest absolute Gasteiger partial charge is 0.457 e. The van der Waals surface area contributed by atoms with E-state index in [2.05, 4.69) is 10.6 Å². The van der Waals surface area contributed by atoms with Crippen LogP contribution in [0.3, 0.4) is 0 Å². The maximum absolute atomic E-state index is 13.2. The number of benzene rings is 3. The van der Waals surface area contributed by atoms with E-state index in [1.54, 1.807) is 30.3 Å². The molecule has 0 saturated heterocycles. The van der Waals surface area contributed by atoms with E-state index in [1.807, 2.05) is 31.2 Å². The van der Waals surface area contributed by atoms with Crippen LogP contribution < -0.4 is 15.4 Å². The summed E-state index contributed by atoms with van der Waals surface area (Å²) >= 11 is 0. The second-order valence-electron chi connectivity index (χ2n) is 6.35. The molecule has 28 heavy (non-hydrogen) atoms. The van der Waals surface area contributed by atoms with Crippen molar-refractivity contribution in [3.8, 4) is 11.5 Å². The Morgan fingerprint density at radius 3 is 2.50 bits per heavy atom. The number of hydrogen-bond donors (Lipinski definition) is 3. The molecule has 1 atom stereocenters. The highest BCUT2D eigenvalue weighted by Gasteiger charge is 2.10. The van der Waals surface area contributed by atoms with E-state index in [9.17, 15) is 14.3 Å². The Labute approximate surface area is 162 Å². The van der Waals surface area contributed by atoms with Gasteiger partial charge in [0.2, 0.25) is 0 Å². The van der Waals surface area contributed by atoms with E-state index >= 15 is 0 Å². The van der Waals surface area contributed by atoms with E-state index in [1.165, 1.54) is 18.2 Å². The van der Waals surface area contributed by atoms with Crippen LogP contribution in [0.5, 0.6) is 11.5 Å². The van der Waals surface area contributed by atoms with Gasteiger partial charge in [-0.25, -0.2) is 9.18 Å². The van der Waals surface area contributed by atoms with Crippen LogP contribution in [0, 0.1) is 12.7 Å². The first-order valence-corrected chi connectivity index (χ1v) is 8.82. The Kier molecular flexibility index (Phi) is 6.24. The number of aliphatic hydroxyl groups is 1. The minimum Gasteiger partial charge on any atom is -0.457 e. The van der Waals surface area contributed by atoms with Gasteiger partial charge in [-0.2, -0.15) is 0 Å². The lowest BCUT2D eigenvalue weighted by atomic mass is 10.1. The number of nitrogens with one attached hydrogen (secondary N) is 2. The van der Waals surface area contributed by atoms with E-state index in [0.717, 1.165) is 11.3 Å². The van der Waals surface area contributed by atoms with Gasteiger partial charge in [-0.15, -0.1) is 0 Å². The molecule has 144 valence electrons. The number of rotatable bonds is 6. The van der Waals surface area contributed by atoms with Gasteiger partial charge in [0.05, 0.1) is 6.10 Å². The predicted octanol–water partition coefficient (Wildman–Crippen LogP) is 4.78. The van der Waals surface area contributed by atoms with Gasteiger partial charge in [0.1, 0.15) is 17.3 Å². The molecule has 0 radical (unpaired) electrons. The average Bonchev–Trinajstić information content (AvgIpc) is 2.68. The van der Waals surface area contributed by atoms with Gasteiger partial charge in [-0.3, -0.25) is 0 Å². The highest BCUT2D eigenvalue weighted by atomic mass is 19.1. The third kappa shape index (κ3) is 5.56. The number of halogens is 1. The first kappa shape index (κ1) is 19.4. The van der Waals surface area contributed by atoms with Gasteiger partial charge in [-0.1, -0.05) is 24.3 Å². The van der Waals surface area contributed by atoms with Crippen molar-refractivity contribution < 1.29 is 19.0 Å². The molecule has 1 unspecified atom stereocenters. The summed E-state index contributed by atoms with van der Waals surface area (Å²) in [5.41, 5.74) is 2.08. The molecule has 0 aromatic heterocycles. The van der Waals surface area contributed by atoms with Crippen molar-refractivity contribution >= 4 is 11.7 Å². The fourth-order valence-electron chi connectivity index (χ4n) is 2.62. The lowest BCUT2D eigenvalue weighted by molar-refractivity contribution is 0.174. The molecule has 0 heterocycles. The molecule has 0 fully saturated rings. The summed E-state index contributed by atoms with van der Waals surface area (Å²) in [5.74, 6) is 0.955. The molecule has 5 nitrogen and oxygen atoms in total. The number of aliphatic hydroxyl groups excluding tert-OH is 1. The van der Waals surface area contributed by atoms with Crippen molar-refractivity contribution in [2.45, 2.75) is 13.0 Å². The zero-order chi connectivity index (χ0) is 19.9. The number of carbonyl (C=O) groups is 1. The van der Waals surface area contributed by atoms with Gasteiger partial charge in [0.25, 0.3) is 0 Å². The van der Waals surface area contributed by atoms with E-state index in [4.69, 9.17) is 4.74 Å². The summed E-state index contributed by atoms with van der Waals surface area (Å²) in [6, 6.07) is 19.8. The number of hydrogen-bond acceptors (Lipinski definition) is 3. The van der Waals surface area contributed by atoms with Crippen LogP contribution in [-0.4, -0.2) is 17.7 Å². The maximum atomic E-state index is 13.2. The molecule has 0 aliphatic heterocycles.